The van der Waals surface area contributed by atoms with Crippen molar-refractivity contribution in [3.63, 3.8) is 0 Å². The second-order valence-corrected chi connectivity index (χ2v) is 9.98. The van der Waals surface area contributed by atoms with Crippen LogP contribution in [0.15, 0.2) is 24.3 Å². The van der Waals surface area contributed by atoms with Crippen LogP contribution < -0.4 is 10.2 Å². The summed E-state index contributed by atoms with van der Waals surface area (Å²) in [6, 6.07) is 8.89. The highest BCUT2D eigenvalue weighted by Crippen LogP contribution is 2.25. The van der Waals surface area contributed by atoms with Gasteiger partial charge in [-0.15, -0.1) is 0 Å². The van der Waals surface area contributed by atoms with Crippen LogP contribution >= 0.6 is 0 Å². The number of benzene rings is 1. The minimum absolute atomic E-state index is 0.000520. The molecule has 1 unspecified atom stereocenters. The number of piperazine rings is 2. The summed E-state index contributed by atoms with van der Waals surface area (Å²) in [6.07, 6.45) is 6.09. The van der Waals surface area contributed by atoms with Gasteiger partial charge in [0.05, 0.1) is 6.54 Å². The minimum Gasteiger partial charge on any atom is -0.369 e. The Kier molecular flexibility index (Phi) is 8.25. The molecule has 33 heavy (non-hydrogen) atoms. The average molecular weight is 456 g/mol. The van der Waals surface area contributed by atoms with Crippen molar-refractivity contribution in [2.75, 3.05) is 63.8 Å². The van der Waals surface area contributed by atoms with Gasteiger partial charge in [-0.3, -0.25) is 19.4 Å². The first kappa shape index (κ1) is 24.0. The largest absolute Gasteiger partial charge is 0.369 e. The van der Waals surface area contributed by atoms with Crippen LogP contribution in [0, 0.1) is 0 Å². The second-order valence-electron chi connectivity index (χ2n) is 9.98. The summed E-state index contributed by atoms with van der Waals surface area (Å²) in [6.45, 7) is 12.0. The molecule has 1 N–H and O–H groups in total. The van der Waals surface area contributed by atoms with Crippen molar-refractivity contribution in [3.8, 4) is 0 Å². The maximum absolute atomic E-state index is 12.8. The van der Waals surface area contributed by atoms with E-state index in [-0.39, 0.29) is 17.9 Å². The van der Waals surface area contributed by atoms with Crippen molar-refractivity contribution in [2.24, 2.45) is 0 Å². The van der Waals surface area contributed by atoms with Gasteiger partial charge in [-0.1, -0.05) is 25.8 Å². The Balaban J connectivity index is 1.22. The van der Waals surface area contributed by atoms with Crippen LogP contribution in [0.1, 0.15) is 56.3 Å². The van der Waals surface area contributed by atoms with Crippen LogP contribution in [0.4, 0.5) is 5.69 Å². The van der Waals surface area contributed by atoms with Crippen molar-refractivity contribution in [2.45, 2.75) is 58.0 Å². The average Bonchev–Trinajstić information content (AvgIpc) is 2.79. The fraction of sp³-hybridized carbons (Fsp3) is 0.692. The molecular weight excluding hydrogens is 414 g/mol. The van der Waals surface area contributed by atoms with E-state index >= 15 is 0 Å². The highest BCUT2D eigenvalue weighted by atomic mass is 16.2. The Morgan fingerprint density at radius 2 is 1.76 bits per heavy atom. The van der Waals surface area contributed by atoms with Crippen molar-refractivity contribution in [1.29, 1.82) is 0 Å². The van der Waals surface area contributed by atoms with Gasteiger partial charge < -0.3 is 15.1 Å². The fourth-order valence-corrected chi connectivity index (χ4v) is 5.20. The number of carbonyl (C=O) groups excluding carboxylic acids is 2. The van der Waals surface area contributed by atoms with Gasteiger partial charge in [-0.05, 0) is 44.4 Å². The van der Waals surface area contributed by atoms with Crippen LogP contribution in [0.3, 0.4) is 0 Å². The number of amides is 2. The van der Waals surface area contributed by atoms with Crippen LogP contribution in [0.25, 0.3) is 0 Å². The van der Waals surface area contributed by atoms with Gasteiger partial charge in [0.1, 0.15) is 0 Å². The predicted octanol–water partition coefficient (Wildman–Crippen LogP) is 2.42. The zero-order chi connectivity index (χ0) is 23.2. The fourth-order valence-electron chi connectivity index (χ4n) is 5.20. The van der Waals surface area contributed by atoms with Gasteiger partial charge in [0.25, 0.3) is 5.91 Å². The summed E-state index contributed by atoms with van der Waals surface area (Å²) < 4.78 is 0. The molecule has 1 atom stereocenters. The molecule has 2 aliphatic heterocycles. The maximum atomic E-state index is 12.8. The quantitative estimate of drug-likeness (QED) is 0.653. The minimum atomic E-state index is -0.000520. The molecular formula is C26H41N5O2. The Hall–Kier alpha value is -2.12. The van der Waals surface area contributed by atoms with Crippen LogP contribution in [0.5, 0.6) is 0 Å². The highest BCUT2D eigenvalue weighted by molar-refractivity contribution is 5.95. The summed E-state index contributed by atoms with van der Waals surface area (Å²) in [7, 11) is 0. The molecule has 1 saturated carbocycles. The smallest absolute Gasteiger partial charge is 0.251 e. The molecule has 2 amide bonds. The monoisotopic (exact) mass is 455 g/mol. The molecule has 2 heterocycles. The van der Waals surface area contributed by atoms with Gasteiger partial charge in [-0.2, -0.15) is 0 Å². The number of hydrogen-bond donors (Lipinski definition) is 1. The molecule has 3 fully saturated rings. The lowest BCUT2D eigenvalue weighted by atomic mass is 9.91. The number of hydrogen-bond acceptors (Lipinski definition) is 5. The van der Waals surface area contributed by atoms with E-state index in [9.17, 15) is 9.59 Å². The van der Waals surface area contributed by atoms with Crippen molar-refractivity contribution in [3.05, 3.63) is 29.8 Å². The third-order valence-corrected chi connectivity index (χ3v) is 7.56. The highest BCUT2D eigenvalue weighted by Gasteiger charge is 2.30. The van der Waals surface area contributed by atoms with E-state index in [1.807, 2.05) is 18.2 Å². The van der Waals surface area contributed by atoms with Gasteiger partial charge >= 0.3 is 0 Å². The molecule has 182 valence electrons. The first-order valence-corrected chi connectivity index (χ1v) is 12.9. The van der Waals surface area contributed by atoms with E-state index < -0.39 is 0 Å². The number of nitrogens with one attached hydrogen (secondary N) is 1. The summed E-state index contributed by atoms with van der Waals surface area (Å²) in [4.78, 5) is 34.7. The predicted molar refractivity (Wildman–Crippen MR) is 133 cm³/mol. The molecule has 0 aromatic heterocycles. The molecule has 7 nitrogen and oxygen atoms in total. The Labute approximate surface area is 199 Å². The standard InChI is InChI=1S/C26H41N5O2/c1-3-6-21(2)27-26(33)22-7-4-10-24(19-22)30-13-11-28(12-14-30)20-25(32)31-17-15-29(16-18-31)23-8-5-9-23/h4,7,10,19,21,23H,3,5-6,8-9,11-18,20H2,1-2H3,(H,27,33). The van der Waals surface area contributed by atoms with E-state index in [1.165, 1.54) is 19.3 Å². The molecule has 1 aromatic carbocycles. The molecule has 3 aliphatic rings. The molecule has 4 rings (SSSR count). The lowest BCUT2D eigenvalue weighted by molar-refractivity contribution is -0.134. The summed E-state index contributed by atoms with van der Waals surface area (Å²) in [5, 5.41) is 3.09. The first-order valence-electron chi connectivity index (χ1n) is 12.9. The van der Waals surface area contributed by atoms with Crippen molar-refractivity contribution >= 4 is 17.5 Å². The summed E-state index contributed by atoms with van der Waals surface area (Å²) in [5.41, 5.74) is 1.80. The normalized spacial score (nSPS) is 21.5. The van der Waals surface area contributed by atoms with Gasteiger partial charge in [0, 0.05) is 75.7 Å². The van der Waals surface area contributed by atoms with E-state index in [1.54, 1.807) is 0 Å². The lowest BCUT2D eigenvalue weighted by Gasteiger charge is -2.43. The van der Waals surface area contributed by atoms with Crippen molar-refractivity contribution < 1.29 is 9.59 Å². The zero-order valence-electron chi connectivity index (χ0n) is 20.5. The third kappa shape index (κ3) is 6.27. The third-order valence-electron chi connectivity index (χ3n) is 7.56. The first-order chi connectivity index (χ1) is 16.0. The van der Waals surface area contributed by atoms with Gasteiger partial charge in [-0.25, -0.2) is 0 Å². The van der Waals surface area contributed by atoms with E-state index in [0.717, 1.165) is 76.9 Å². The zero-order valence-corrected chi connectivity index (χ0v) is 20.5. The number of rotatable bonds is 8. The maximum Gasteiger partial charge on any atom is 0.251 e. The topological polar surface area (TPSA) is 59.1 Å². The van der Waals surface area contributed by atoms with Gasteiger partial charge in [0.15, 0.2) is 0 Å². The van der Waals surface area contributed by atoms with E-state index in [0.29, 0.717) is 12.1 Å². The Morgan fingerprint density at radius 3 is 2.39 bits per heavy atom. The summed E-state index contributed by atoms with van der Waals surface area (Å²) >= 11 is 0. The summed E-state index contributed by atoms with van der Waals surface area (Å²) in [5.74, 6) is 0.274. The second kappa shape index (κ2) is 11.3. The molecule has 0 spiro atoms. The number of anilines is 1. The lowest BCUT2D eigenvalue weighted by Crippen LogP contribution is -2.56. The van der Waals surface area contributed by atoms with Crippen LogP contribution in [-0.2, 0) is 4.79 Å². The Bertz CT molecular complexity index is 796. The molecule has 0 bridgehead atoms. The van der Waals surface area contributed by atoms with E-state index in [4.69, 9.17) is 0 Å². The molecule has 1 aliphatic carbocycles. The molecule has 0 radical (unpaired) electrons. The number of carbonyl (C=O) groups is 2. The SMILES string of the molecule is CCCC(C)NC(=O)c1cccc(N2CCN(CC(=O)N3CCN(C4CCC4)CC3)CC2)c1. The van der Waals surface area contributed by atoms with Crippen LogP contribution in [0.2, 0.25) is 0 Å². The Morgan fingerprint density at radius 1 is 1.03 bits per heavy atom. The molecule has 7 heteroatoms. The number of nitrogens with zero attached hydrogens (tertiary/aromatic N) is 4. The van der Waals surface area contributed by atoms with Crippen LogP contribution in [-0.4, -0.2) is 97.5 Å². The molecule has 2 saturated heterocycles. The van der Waals surface area contributed by atoms with E-state index in [2.05, 4.69) is 44.8 Å². The van der Waals surface area contributed by atoms with Crippen molar-refractivity contribution in [1.82, 2.24) is 20.0 Å². The molecule has 1 aromatic rings. The van der Waals surface area contributed by atoms with Gasteiger partial charge in [0.2, 0.25) is 5.91 Å².